The lowest BCUT2D eigenvalue weighted by Crippen LogP contribution is -2.25. The zero-order valence-electron chi connectivity index (χ0n) is 11.6. The third-order valence-corrected chi connectivity index (χ3v) is 2.79. The van der Waals surface area contributed by atoms with Crippen molar-refractivity contribution in [1.29, 1.82) is 0 Å². The van der Waals surface area contributed by atoms with Crippen molar-refractivity contribution >= 4 is 0 Å². The second-order valence-corrected chi connectivity index (χ2v) is 4.98. The molecule has 0 aliphatic carbocycles. The molecule has 0 aliphatic rings. The second-order valence-electron chi connectivity index (χ2n) is 4.98. The van der Waals surface area contributed by atoms with E-state index < -0.39 is 0 Å². The molecule has 1 aromatic carbocycles. The molecule has 1 rings (SSSR count). The summed E-state index contributed by atoms with van der Waals surface area (Å²) in [5.41, 5.74) is 1.21. The molecule has 0 amide bonds. The monoisotopic (exact) mass is 251 g/mol. The molecule has 1 atom stereocenters. The van der Waals surface area contributed by atoms with E-state index in [9.17, 15) is 5.11 Å². The Morgan fingerprint density at radius 1 is 1.22 bits per heavy atom. The number of rotatable bonds is 8. The number of phenolic OH excluding ortho intramolecular Hbond substituents is 1. The minimum absolute atomic E-state index is 0.314. The van der Waals surface area contributed by atoms with Gasteiger partial charge in [-0.2, -0.15) is 0 Å². The molecule has 102 valence electrons. The molecule has 3 nitrogen and oxygen atoms in total. The number of benzene rings is 1. The van der Waals surface area contributed by atoms with Gasteiger partial charge in [-0.3, -0.25) is 0 Å². The van der Waals surface area contributed by atoms with E-state index in [1.165, 1.54) is 5.56 Å². The minimum Gasteiger partial charge on any atom is -0.508 e. The van der Waals surface area contributed by atoms with Crippen LogP contribution in [-0.4, -0.2) is 24.9 Å². The number of phenols is 1. The van der Waals surface area contributed by atoms with Crippen molar-refractivity contribution in [2.75, 3.05) is 19.8 Å². The van der Waals surface area contributed by atoms with E-state index in [1.54, 1.807) is 12.1 Å². The molecular weight excluding hydrogens is 226 g/mol. The molecule has 0 saturated carbocycles. The van der Waals surface area contributed by atoms with Crippen LogP contribution in [0.1, 0.15) is 38.8 Å². The van der Waals surface area contributed by atoms with E-state index in [1.807, 2.05) is 12.1 Å². The lowest BCUT2D eigenvalue weighted by molar-refractivity contribution is 0.110. The summed E-state index contributed by atoms with van der Waals surface area (Å²) in [5.74, 6) is 0.901. The van der Waals surface area contributed by atoms with Crippen LogP contribution in [-0.2, 0) is 4.74 Å². The van der Waals surface area contributed by atoms with E-state index >= 15 is 0 Å². The summed E-state index contributed by atoms with van der Waals surface area (Å²) < 4.78 is 5.54. The number of aromatic hydroxyl groups is 1. The van der Waals surface area contributed by atoms with Gasteiger partial charge in [0, 0.05) is 19.2 Å². The van der Waals surface area contributed by atoms with Gasteiger partial charge in [0.05, 0.1) is 6.61 Å². The quantitative estimate of drug-likeness (QED) is 0.698. The summed E-state index contributed by atoms with van der Waals surface area (Å²) in [5, 5.41) is 12.7. The predicted octanol–water partition coefficient (Wildman–Crippen LogP) is 3.11. The molecule has 1 aromatic rings. The Labute approximate surface area is 110 Å². The Kier molecular flexibility index (Phi) is 6.76. The van der Waals surface area contributed by atoms with Gasteiger partial charge >= 0.3 is 0 Å². The van der Waals surface area contributed by atoms with Gasteiger partial charge in [-0.15, -0.1) is 0 Å². The molecule has 0 aromatic heterocycles. The van der Waals surface area contributed by atoms with E-state index in [-0.39, 0.29) is 0 Å². The number of ether oxygens (including phenoxy) is 1. The van der Waals surface area contributed by atoms with Crippen molar-refractivity contribution in [2.24, 2.45) is 5.92 Å². The Bertz CT molecular complexity index is 322. The first-order valence-corrected chi connectivity index (χ1v) is 6.73. The van der Waals surface area contributed by atoms with Gasteiger partial charge in [-0.05, 0) is 30.0 Å². The molecule has 1 unspecified atom stereocenters. The largest absolute Gasteiger partial charge is 0.508 e. The lowest BCUT2D eigenvalue weighted by atomic mass is 10.0. The van der Waals surface area contributed by atoms with Gasteiger partial charge in [-0.1, -0.05) is 32.9 Å². The summed E-state index contributed by atoms with van der Waals surface area (Å²) in [4.78, 5) is 0. The Morgan fingerprint density at radius 3 is 2.44 bits per heavy atom. The maximum absolute atomic E-state index is 9.27. The van der Waals surface area contributed by atoms with Crippen LogP contribution in [0.3, 0.4) is 0 Å². The summed E-state index contributed by atoms with van der Waals surface area (Å²) in [6.45, 7) is 8.87. The molecule has 18 heavy (non-hydrogen) atoms. The summed E-state index contributed by atoms with van der Waals surface area (Å²) in [7, 11) is 0. The first kappa shape index (κ1) is 15.0. The maximum atomic E-state index is 9.27. The normalized spacial score (nSPS) is 12.9. The molecule has 0 bridgehead atoms. The average molecular weight is 251 g/mol. The van der Waals surface area contributed by atoms with E-state index in [0.29, 0.717) is 17.7 Å². The molecule has 0 aliphatic heterocycles. The van der Waals surface area contributed by atoms with Gasteiger partial charge in [0.15, 0.2) is 0 Å². The minimum atomic E-state index is 0.314. The van der Waals surface area contributed by atoms with Gasteiger partial charge in [0.2, 0.25) is 0 Å². The molecule has 0 saturated heterocycles. The third kappa shape index (κ3) is 5.52. The van der Waals surface area contributed by atoms with Crippen LogP contribution in [0.4, 0.5) is 0 Å². The van der Waals surface area contributed by atoms with E-state index in [2.05, 4.69) is 26.1 Å². The predicted molar refractivity (Wildman–Crippen MR) is 74.8 cm³/mol. The average Bonchev–Trinajstić information content (AvgIpc) is 2.35. The van der Waals surface area contributed by atoms with Crippen LogP contribution in [0.5, 0.6) is 5.75 Å². The fourth-order valence-electron chi connectivity index (χ4n) is 1.83. The third-order valence-electron chi connectivity index (χ3n) is 2.79. The fraction of sp³-hybridized carbons (Fsp3) is 0.600. The molecule has 0 radical (unpaired) electrons. The Morgan fingerprint density at radius 2 is 1.89 bits per heavy atom. The van der Waals surface area contributed by atoms with Gasteiger partial charge in [0.25, 0.3) is 0 Å². The van der Waals surface area contributed by atoms with Crippen molar-refractivity contribution < 1.29 is 9.84 Å². The van der Waals surface area contributed by atoms with Gasteiger partial charge < -0.3 is 15.2 Å². The fourth-order valence-corrected chi connectivity index (χ4v) is 1.83. The molecule has 0 heterocycles. The van der Waals surface area contributed by atoms with Crippen LogP contribution in [0.25, 0.3) is 0 Å². The van der Waals surface area contributed by atoms with Crippen LogP contribution in [0.2, 0.25) is 0 Å². The van der Waals surface area contributed by atoms with Crippen LogP contribution < -0.4 is 5.32 Å². The summed E-state index contributed by atoms with van der Waals surface area (Å²) in [6, 6.07) is 7.72. The van der Waals surface area contributed by atoms with Crippen molar-refractivity contribution in [3.05, 3.63) is 29.8 Å². The van der Waals surface area contributed by atoms with Crippen molar-refractivity contribution in [2.45, 2.75) is 33.2 Å². The van der Waals surface area contributed by atoms with Gasteiger partial charge in [-0.25, -0.2) is 0 Å². The number of hydrogen-bond acceptors (Lipinski definition) is 3. The highest BCUT2D eigenvalue weighted by atomic mass is 16.5. The number of hydrogen-bond donors (Lipinski definition) is 2. The maximum Gasteiger partial charge on any atom is 0.115 e. The molecule has 3 heteroatoms. The molecule has 2 N–H and O–H groups in total. The number of nitrogens with one attached hydrogen (secondary N) is 1. The highest BCUT2D eigenvalue weighted by molar-refractivity contribution is 5.27. The van der Waals surface area contributed by atoms with Crippen LogP contribution in [0, 0.1) is 5.92 Å². The van der Waals surface area contributed by atoms with E-state index in [0.717, 1.165) is 26.2 Å². The van der Waals surface area contributed by atoms with Gasteiger partial charge in [0.1, 0.15) is 5.75 Å². The smallest absolute Gasteiger partial charge is 0.115 e. The van der Waals surface area contributed by atoms with Crippen molar-refractivity contribution in [1.82, 2.24) is 5.32 Å². The molecular formula is C15H25NO2. The topological polar surface area (TPSA) is 41.5 Å². The lowest BCUT2D eigenvalue weighted by Gasteiger charge is -2.17. The summed E-state index contributed by atoms with van der Waals surface area (Å²) >= 11 is 0. The van der Waals surface area contributed by atoms with Crippen molar-refractivity contribution in [3.8, 4) is 5.75 Å². The van der Waals surface area contributed by atoms with Crippen molar-refractivity contribution in [3.63, 3.8) is 0 Å². The zero-order chi connectivity index (χ0) is 13.4. The summed E-state index contributed by atoms with van der Waals surface area (Å²) in [6.07, 6.45) is 1.02. The Hall–Kier alpha value is -1.06. The highest BCUT2D eigenvalue weighted by Crippen LogP contribution is 2.19. The molecule has 0 fully saturated rings. The SMILES string of the molecule is CCC(NCCOCC(C)C)c1ccc(O)cc1. The second kappa shape index (κ2) is 8.11. The first-order valence-electron chi connectivity index (χ1n) is 6.73. The Balaban J connectivity index is 2.31. The van der Waals surface area contributed by atoms with Crippen LogP contribution in [0.15, 0.2) is 24.3 Å². The van der Waals surface area contributed by atoms with Crippen LogP contribution >= 0.6 is 0 Å². The first-order chi connectivity index (χ1) is 8.63. The highest BCUT2D eigenvalue weighted by Gasteiger charge is 2.07. The zero-order valence-corrected chi connectivity index (χ0v) is 11.6. The molecule has 0 spiro atoms. The van der Waals surface area contributed by atoms with E-state index in [4.69, 9.17) is 4.74 Å². The standard InChI is InChI=1S/C15H25NO2/c1-4-15(13-5-7-14(17)8-6-13)16-9-10-18-11-12(2)3/h5-8,12,15-17H,4,9-11H2,1-3H3.